The summed E-state index contributed by atoms with van der Waals surface area (Å²) in [7, 11) is -3.40. The Labute approximate surface area is 178 Å². The maximum absolute atomic E-state index is 12.2. The molecule has 3 aromatic carbocycles. The molecule has 0 aliphatic carbocycles. The average Bonchev–Trinajstić information content (AvgIpc) is 2.74. The third kappa shape index (κ3) is 4.18. The number of sulfonamides is 1. The number of pyridine rings is 1. The monoisotopic (exact) mass is 466 g/mol. The Morgan fingerprint density at radius 3 is 2.38 bits per heavy atom. The molecule has 29 heavy (non-hydrogen) atoms. The maximum Gasteiger partial charge on any atom is 0.232 e. The van der Waals surface area contributed by atoms with E-state index in [1.807, 2.05) is 54.6 Å². The third-order valence-electron chi connectivity index (χ3n) is 4.70. The third-order valence-corrected chi connectivity index (χ3v) is 6.49. The van der Waals surface area contributed by atoms with Crippen LogP contribution in [0, 0.1) is 0 Å². The van der Waals surface area contributed by atoms with Gasteiger partial charge in [0.25, 0.3) is 0 Å². The lowest BCUT2D eigenvalue weighted by molar-refractivity contribution is 0.602. The van der Waals surface area contributed by atoms with Crippen molar-refractivity contribution in [1.29, 1.82) is 0 Å². The smallest absolute Gasteiger partial charge is 0.232 e. The highest BCUT2D eigenvalue weighted by molar-refractivity contribution is 9.10. The van der Waals surface area contributed by atoms with Gasteiger partial charge in [-0.1, -0.05) is 64.5 Å². The molecule has 0 spiro atoms. The molecule has 0 amide bonds. The Bertz CT molecular complexity index is 1290. The van der Waals surface area contributed by atoms with E-state index < -0.39 is 10.0 Å². The molecule has 4 rings (SSSR count). The highest BCUT2D eigenvalue weighted by atomic mass is 79.9. The maximum atomic E-state index is 12.2. The van der Waals surface area contributed by atoms with Crippen molar-refractivity contribution in [1.82, 2.24) is 4.98 Å². The Hall–Kier alpha value is -2.70. The molecule has 0 aliphatic rings. The van der Waals surface area contributed by atoms with Crippen molar-refractivity contribution in [2.45, 2.75) is 6.92 Å². The van der Waals surface area contributed by atoms with Crippen LogP contribution >= 0.6 is 15.9 Å². The number of anilines is 1. The zero-order valence-corrected chi connectivity index (χ0v) is 18.2. The number of rotatable bonds is 5. The van der Waals surface area contributed by atoms with Crippen LogP contribution in [0.15, 0.2) is 83.3 Å². The second-order valence-corrected chi connectivity index (χ2v) is 9.56. The molecule has 0 atom stereocenters. The molecule has 0 unspecified atom stereocenters. The Morgan fingerprint density at radius 1 is 0.897 bits per heavy atom. The van der Waals surface area contributed by atoms with E-state index in [4.69, 9.17) is 4.98 Å². The fraction of sp³-hybridized carbons (Fsp3) is 0.0870. The number of halogens is 1. The van der Waals surface area contributed by atoms with Crippen molar-refractivity contribution in [2.24, 2.45) is 0 Å². The highest BCUT2D eigenvalue weighted by Gasteiger charge is 2.15. The van der Waals surface area contributed by atoms with Crippen molar-refractivity contribution >= 4 is 42.5 Å². The lowest BCUT2D eigenvalue weighted by Gasteiger charge is -2.14. The van der Waals surface area contributed by atoms with E-state index in [1.165, 1.54) is 0 Å². The minimum atomic E-state index is -3.40. The molecule has 6 heteroatoms. The van der Waals surface area contributed by atoms with Gasteiger partial charge in [-0.25, -0.2) is 13.4 Å². The lowest BCUT2D eigenvalue weighted by atomic mass is 9.98. The molecular formula is C23H19BrN2O2S. The molecule has 4 nitrogen and oxygen atoms in total. The van der Waals surface area contributed by atoms with Gasteiger partial charge in [-0.2, -0.15) is 0 Å². The molecule has 0 fully saturated rings. The molecule has 0 bridgehead atoms. The lowest BCUT2D eigenvalue weighted by Crippen LogP contribution is -2.15. The molecule has 0 radical (unpaired) electrons. The quantitative estimate of drug-likeness (QED) is 0.386. The Morgan fingerprint density at radius 2 is 1.62 bits per heavy atom. The highest BCUT2D eigenvalue weighted by Crippen LogP contribution is 2.35. The van der Waals surface area contributed by atoms with Gasteiger partial charge >= 0.3 is 0 Å². The summed E-state index contributed by atoms with van der Waals surface area (Å²) in [5.74, 6) is 0.00970. The second kappa shape index (κ2) is 7.97. The molecular weight excluding hydrogens is 448 g/mol. The second-order valence-electron chi connectivity index (χ2n) is 6.63. The van der Waals surface area contributed by atoms with Crippen LogP contribution in [0.25, 0.3) is 33.3 Å². The number of fused-ring (bicyclic) bond motifs is 1. The minimum absolute atomic E-state index is 0.00970. The predicted octanol–water partition coefficient (Wildman–Crippen LogP) is 6.09. The largest absolute Gasteiger partial charge is 0.283 e. The van der Waals surface area contributed by atoms with E-state index in [9.17, 15) is 8.42 Å². The SMILES string of the molecule is CCS(=O)(=O)Nc1ccccc1-c1cc(-c2ccccc2)c2cc(Br)ccc2n1. The molecule has 1 heterocycles. The van der Waals surface area contributed by atoms with Gasteiger partial charge in [-0.15, -0.1) is 0 Å². The summed E-state index contributed by atoms with van der Waals surface area (Å²) in [5, 5.41) is 1.03. The van der Waals surface area contributed by atoms with E-state index >= 15 is 0 Å². The van der Waals surface area contributed by atoms with Crippen molar-refractivity contribution in [3.8, 4) is 22.4 Å². The van der Waals surface area contributed by atoms with Gasteiger partial charge in [0.15, 0.2) is 0 Å². The van der Waals surface area contributed by atoms with Gasteiger partial charge in [0.1, 0.15) is 0 Å². The van der Waals surface area contributed by atoms with Gasteiger partial charge in [0.2, 0.25) is 10.0 Å². The van der Waals surface area contributed by atoms with E-state index in [0.717, 1.165) is 32.1 Å². The number of nitrogens with zero attached hydrogens (tertiary/aromatic N) is 1. The van der Waals surface area contributed by atoms with Crippen LogP contribution < -0.4 is 4.72 Å². The van der Waals surface area contributed by atoms with Crippen LogP contribution in [0.5, 0.6) is 0 Å². The van der Waals surface area contributed by atoms with Crippen molar-refractivity contribution in [3.63, 3.8) is 0 Å². The van der Waals surface area contributed by atoms with E-state index in [2.05, 4.69) is 38.9 Å². The van der Waals surface area contributed by atoms with Crippen LogP contribution in [0.1, 0.15) is 6.92 Å². The normalized spacial score (nSPS) is 11.5. The fourth-order valence-corrected chi connectivity index (χ4v) is 4.25. The van der Waals surface area contributed by atoms with Crippen molar-refractivity contribution in [2.75, 3.05) is 10.5 Å². The summed E-state index contributed by atoms with van der Waals surface area (Å²) in [6, 6.07) is 25.5. The summed E-state index contributed by atoms with van der Waals surface area (Å²) in [6.07, 6.45) is 0. The molecule has 0 saturated heterocycles. The molecule has 146 valence electrons. The first-order chi connectivity index (χ1) is 14.0. The van der Waals surface area contributed by atoms with Gasteiger partial charge in [-0.05, 0) is 48.4 Å². The van der Waals surface area contributed by atoms with Crippen LogP contribution in [0.2, 0.25) is 0 Å². The first-order valence-corrected chi connectivity index (χ1v) is 11.7. The van der Waals surface area contributed by atoms with E-state index in [1.54, 1.807) is 13.0 Å². The van der Waals surface area contributed by atoms with Gasteiger partial charge in [-0.3, -0.25) is 4.72 Å². The molecule has 0 aliphatic heterocycles. The van der Waals surface area contributed by atoms with Gasteiger partial charge in [0, 0.05) is 15.4 Å². The minimum Gasteiger partial charge on any atom is -0.283 e. The number of benzene rings is 3. The van der Waals surface area contributed by atoms with Crippen molar-refractivity contribution in [3.05, 3.63) is 83.3 Å². The first kappa shape index (κ1) is 19.6. The molecule has 1 aromatic heterocycles. The van der Waals surface area contributed by atoms with Crippen LogP contribution in [-0.2, 0) is 10.0 Å². The van der Waals surface area contributed by atoms with E-state index in [0.29, 0.717) is 11.4 Å². The topological polar surface area (TPSA) is 59.1 Å². The zero-order valence-electron chi connectivity index (χ0n) is 15.8. The first-order valence-electron chi connectivity index (χ1n) is 9.22. The number of aromatic nitrogens is 1. The molecule has 4 aromatic rings. The summed E-state index contributed by atoms with van der Waals surface area (Å²) in [4.78, 5) is 4.83. The van der Waals surface area contributed by atoms with Gasteiger partial charge < -0.3 is 0 Å². The Kier molecular flexibility index (Phi) is 5.39. The summed E-state index contributed by atoms with van der Waals surface area (Å²) in [6.45, 7) is 1.62. The predicted molar refractivity (Wildman–Crippen MR) is 123 cm³/mol. The van der Waals surface area contributed by atoms with Crippen LogP contribution in [0.3, 0.4) is 0 Å². The van der Waals surface area contributed by atoms with Crippen molar-refractivity contribution < 1.29 is 8.42 Å². The van der Waals surface area contributed by atoms with Crippen LogP contribution in [-0.4, -0.2) is 19.2 Å². The number of hydrogen-bond donors (Lipinski definition) is 1. The number of para-hydroxylation sites is 1. The average molecular weight is 467 g/mol. The van der Waals surface area contributed by atoms with Gasteiger partial charge in [0.05, 0.1) is 22.7 Å². The standard InChI is InChI=1S/C23H19BrN2O2S/c1-2-29(27,28)26-22-11-7-6-10-18(22)23-15-19(16-8-4-3-5-9-16)20-14-17(24)12-13-21(20)25-23/h3-15,26H,2H2,1H3. The molecule has 1 N–H and O–H groups in total. The zero-order chi connectivity index (χ0) is 20.4. The molecule has 0 saturated carbocycles. The summed E-state index contributed by atoms with van der Waals surface area (Å²) < 4.78 is 28.0. The van der Waals surface area contributed by atoms with E-state index in [-0.39, 0.29) is 5.75 Å². The number of nitrogens with one attached hydrogen (secondary N) is 1. The number of hydrogen-bond acceptors (Lipinski definition) is 3. The summed E-state index contributed by atoms with van der Waals surface area (Å²) >= 11 is 3.55. The fourth-order valence-electron chi connectivity index (χ4n) is 3.23. The Balaban J connectivity index is 1.96. The van der Waals surface area contributed by atoms with Crippen LogP contribution in [0.4, 0.5) is 5.69 Å². The summed E-state index contributed by atoms with van der Waals surface area (Å²) in [5.41, 5.74) is 4.94.